The van der Waals surface area contributed by atoms with Crippen LogP contribution in [0.5, 0.6) is 0 Å². The van der Waals surface area contributed by atoms with E-state index in [4.69, 9.17) is 0 Å². The van der Waals surface area contributed by atoms with E-state index in [1.54, 1.807) is 11.9 Å². The van der Waals surface area contributed by atoms with E-state index in [9.17, 15) is 9.59 Å². The number of rotatable bonds is 1. The number of para-hydroxylation sites is 1. The van der Waals surface area contributed by atoms with Crippen LogP contribution in [0, 0.1) is 6.92 Å². The maximum absolute atomic E-state index is 11.9. The molecule has 1 aliphatic rings. The topological polar surface area (TPSA) is 42.3 Å². The van der Waals surface area contributed by atoms with Crippen LogP contribution in [0.1, 0.15) is 16.1 Å². The molecule has 2 heterocycles. The minimum atomic E-state index is 0.0427. The average molecular weight is 228 g/mol. The minimum absolute atomic E-state index is 0.0427. The van der Waals surface area contributed by atoms with Gasteiger partial charge >= 0.3 is 0 Å². The summed E-state index contributed by atoms with van der Waals surface area (Å²) in [6, 6.07) is 5.71. The Hall–Kier alpha value is -2.10. The van der Waals surface area contributed by atoms with Gasteiger partial charge in [0.15, 0.2) is 6.29 Å². The highest BCUT2D eigenvalue weighted by atomic mass is 16.2. The number of aromatic nitrogens is 1. The molecule has 0 atom stereocenters. The largest absolute Gasteiger partial charge is 0.333 e. The lowest BCUT2D eigenvalue weighted by Crippen LogP contribution is -2.34. The van der Waals surface area contributed by atoms with Crippen molar-refractivity contribution in [1.29, 1.82) is 0 Å². The normalized spacial score (nSPS) is 14.5. The smallest absolute Gasteiger partial charge is 0.246 e. The van der Waals surface area contributed by atoms with Crippen molar-refractivity contribution in [3.63, 3.8) is 0 Å². The van der Waals surface area contributed by atoms with Crippen molar-refractivity contribution in [2.45, 2.75) is 13.5 Å². The molecule has 17 heavy (non-hydrogen) atoms. The summed E-state index contributed by atoms with van der Waals surface area (Å²) in [7, 11) is 1.77. The van der Waals surface area contributed by atoms with Gasteiger partial charge in [-0.15, -0.1) is 0 Å². The predicted molar refractivity (Wildman–Crippen MR) is 65.5 cm³/mol. The van der Waals surface area contributed by atoms with Gasteiger partial charge in [0.2, 0.25) is 5.91 Å². The summed E-state index contributed by atoms with van der Waals surface area (Å²) < 4.78 is 1.93. The number of likely N-dealkylation sites (N-methyl/N-ethyl adjacent to an activating group) is 1. The fourth-order valence-corrected chi connectivity index (χ4v) is 2.53. The number of carbonyl (C=O) groups is 2. The van der Waals surface area contributed by atoms with Crippen LogP contribution < -0.4 is 4.90 Å². The zero-order valence-corrected chi connectivity index (χ0v) is 9.73. The van der Waals surface area contributed by atoms with Crippen LogP contribution in [0.4, 0.5) is 5.69 Å². The second kappa shape index (κ2) is 3.20. The molecule has 1 aromatic carbocycles. The molecule has 0 aliphatic carbocycles. The predicted octanol–water partition coefficient (Wildman–Crippen LogP) is 1.74. The zero-order chi connectivity index (χ0) is 12.2. The maximum atomic E-state index is 11.9. The number of carbonyl (C=O) groups excluding carboxylic acids is 2. The van der Waals surface area contributed by atoms with E-state index in [1.165, 1.54) is 0 Å². The Balaban J connectivity index is 2.51. The lowest BCUT2D eigenvalue weighted by molar-refractivity contribution is -0.119. The number of nitrogens with zero attached hydrogens (tertiary/aromatic N) is 2. The molecule has 0 saturated heterocycles. The fourth-order valence-electron chi connectivity index (χ4n) is 2.53. The number of anilines is 1. The van der Waals surface area contributed by atoms with Crippen molar-refractivity contribution in [2.24, 2.45) is 0 Å². The highest BCUT2D eigenvalue weighted by Crippen LogP contribution is 2.34. The quantitative estimate of drug-likeness (QED) is 0.698. The number of hydrogen-bond donors (Lipinski definition) is 0. The maximum Gasteiger partial charge on any atom is 0.246 e. The fraction of sp³-hybridized carbons (Fsp3) is 0.231. The van der Waals surface area contributed by atoms with E-state index in [0.717, 1.165) is 28.6 Å². The third kappa shape index (κ3) is 1.12. The van der Waals surface area contributed by atoms with Gasteiger partial charge in [0.25, 0.3) is 0 Å². The first-order valence-corrected chi connectivity index (χ1v) is 5.48. The molecule has 2 aromatic rings. The summed E-state index contributed by atoms with van der Waals surface area (Å²) in [6.45, 7) is 2.19. The summed E-state index contributed by atoms with van der Waals surface area (Å²) in [6.07, 6.45) is 0.869. The van der Waals surface area contributed by atoms with E-state index in [0.29, 0.717) is 12.1 Å². The molecule has 0 saturated carbocycles. The van der Waals surface area contributed by atoms with Crippen LogP contribution >= 0.6 is 0 Å². The summed E-state index contributed by atoms with van der Waals surface area (Å²) in [4.78, 5) is 24.7. The first-order chi connectivity index (χ1) is 8.15. The first kappa shape index (κ1) is 10.1. The molecule has 0 radical (unpaired) electrons. The minimum Gasteiger partial charge on any atom is -0.333 e. The van der Waals surface area contributed by atoms with Crippen molar-refractivity contribution in [3.05, 3.63) is 29.5 Å². The third-order valence-corrected chi connectivity index (χ3v) is 3.52. The van der Waals surface area contributed by atoms with E-state index in [-0.39, 0.29) is 5.91 Å². The monoisotopic (exact) mass is 228 g/mol. The molecule has 0 N–H and O–H groups in total. The lowest BCUT2D eigenvalue weighted by Gasteiger charge is -2.25. The van der Waals surface area contributed by atoms with Gasteiger partial charge in [-0.05, 0) is 13.0 Å². The van der Waals surface area contributed by atoms with Gasteiger partial charge in [0, 0.05) is 23.7 Å². The Bertz CT molecular complexity index is 655. The van der Waals surface area contributed by atoms with Crippen molar-refractivity contribution in [3.8, 4) is 0 Å². The molecule has 1 aliphatic heterocycles. The Kier molecular flexibility index (Phi) is 1.90. The number of aldehydes is 1. The second-order valence-corrected chi connectivity index (χ2v) is 4.33. The van der Waals surface area contributed by atoms with Gasteiger partial charge in [-0.3, -0.25) is 9.59 Å². The Morgan fingerprint density at radius 3 is 2.82 bits per heavy atom. The van der Waals surface area contributed by atoms with Crippen LogP contribution in [0.15, 0.2) is 18.2 Å². The summed E-state index contributed by atoms with van der Waals surface area (Å²) in [5, 5.41) is 0.925. The average Bonchev–Trinajstić information content (AvgIpc) is 2.60. The molecular weight excluding hydrogens is 216 g/mol. The SMILES string of the molecule is Cc1c(C=O)c2cccc3c2n1CC(=O)N3C. The third-order valence-electron chi connectivity index (χ3n) is 3.52. The van der Waals surface area contributed by atoms with Crippen LogP contribution in [0.3, 0.4) is 0 Å². The molecule has 3 rings (SSSR count). The van der Waals surface area contributed by atoms with E-state index in [2.05, 4.69) is 0 Å². The lowest BCUT2D eigenvalue weighted by atomic mass is 10.1. The number of amides is 1. The van der Waals surface area contributed by atoms with E-state index >= 15 is 0 Å². The van der Waals surface area contributed by atoms with Crippen LogP contribution in [0.2, 0.25) is 0 Å². The van der Waals surface area contributed by atoms with Crippen molar-refractivity contribution >= 4 is 28.8 Å². The van der Waals surface area contributed by atoms with Crippen LogP contribution in [-0.2, 0) is 11.3 Å². The summed E-state index contributed by atoms with van der Waals surface area (Å²) in [5.41, 5.74) is 3.40. The molecule has 1 aromatic heterocycles. The standard InChI is InChI=1S/C13H12N2O2/c1-8-10(7-16)9-4-3-5-11-13(9)15(8)6-12(17)14(11)2/h3-5,7H,6H2,1-2H3. The summed E-state index contributed by atoms with van der Waals surface area (Å²) in [5.74, 6) is 0.0427. The molecule has 0 bridgehead atoms. The number of benzene rings is 1. The van der Waals surface area contributed by atoms with Gasteiger partial charge in [-0.1, -0.05) is 12.1 Å². The molecular formula is C13H12N2O2. The van der Waals surface area contributed by atoms with Crippen molar-refractivity contribution < 1.29 is 9.59 Å². The highest BCUT2D eigenvalue weighted by Gasteiger charge is 2.26. The number of hydrogen-bond acceptors (Lipinski definition) is 2. The van der Waals surface area contributed by atoms with Gasteiger partial charge in [0.1, 0.15) is 6.54 Å². The van der Waals surface area contributed by atoms with Gasteiger partial charge in [-0.25, -0.2) is 0 Å². The second-order valence-electron chi connectivity index (χ2n) is 4.33. The van der Waals surface area contributed by atoms with Crippen molar-refractivity contribution in [2.75, 3.05) is 11.9 Å². The van der Waals surface area contributed by atoms with Gasteiger partial charge < -0.3 is 9.47 Å². The molecule has 0 fully saturated rings. The molecule has 86 valence electrons. The van der Waals surface area contributed by atoms with Gasteiger partial charge in [0.05, 0.1) is 11.2 Å². The molecule has 4 nitrogen and oxygen atoms in total. The zero-order valence-electron chi connectivity index (χ0n) is 9.73. The highest BCUT2D eigenvalue weighted by molar-refractivity contribution is 6.10. The molecule has 1 amide bonds. The Labute approximate surface area is 98.4 Å². The van der Waals surface area contributed by atoms with Crippen LogP contribution in [0.25, 0.3) is 10.9 Å². The Morgan fingerprint density at radius 2 is 2.12 bits per heavy atom. The molecule has 0 spiro atoms. The summed E-state index contributed by atoms with van der Waals surface area (Å²) >= 11 is 0. The molecule has 4 heteroatoms. The van der Waals surface area contributed by atoms with E-state index < -0.39 is 0 Å². The van der Waals surface area contributed by atoms with Crippen LogP contribution in [-0.4, -0.2) is 23.8 Å². The van der Waals surface area contributed by atoms with Gasteiger partial charge in [-0.2, -0.15) is 0 Å². The van der Waals surface area contributed by atoms with Crippen molar-refractivity contribution in [1.82, 2.24) is 4.57 Å². The van der Waals surface area contributed by atoms with E-state index in [1.807, 2.05) is 29.7 Å². The first-order valence-electron chi connectivity index (χ1n) is 5.48. The Morgan fingerprint density at radius 1 is 1.35 bits per heavy atom. The molecule has 0 unspecified atom stereocenters.